The molecular weight excluding hydrogens is 564 g/mol. The molecule has 3 amide bonds. The van der Waals surface area contributed by atoms with E-state index >= 15 is 0 Å². The SMILES string of the molecule is C[CH-]CC1N[C](=[Mo])C(CC(N)=O)NC(O)[C@H](C)NC(=O)C(CO)NC(=O)[C@@H](NC)CSC1C(=O)O. The Labute approximate surface area is 219 Å². The van der Waals surface area contributed by atoms with Crippen LogP contribution in [0.4, 0.5) is 0 Å². The van der Waals surface area contributed by atoms with Crippen molar-refractivity contribution in [2.24, 2.45) is 5.73 Å². The van der Waals surface area contributed by atoms with Crippen molar-refractivity contribution in [2.75, 3.05) is 19.4 Å². The summed E-state index contributed by atoms with van der Waals surface area (Å²) in [5, 5.41) is 43.0. The van der Waals surface area contributed by atoms with Crippen LogP contribution < -0.4 is 32.3 Å². The van der Waals surface area contributed by atoms with Gasteiger partial charge in [0.2, 0.25) is 0 Å². The third-order valence-electron chi connectivity index (χ3n) is 5.29. The van der Waals surface area contributed by atoms with E-state index in [-0.39, 0.29) is 12.2 Å². The number of carbonyl (C=O) groups is 4. The van der Waals surface area contributed by atoms with Crippen LogP contribution in [0.15, 0.2) is 0 Å². The Hall–Kier alpha value is -1.41. The number of likely N-dealkylation sites (N-methyl/N-ethyl adjacent to an activating group) is 1. The van der Waals surface area contributed by atoms with Gasteiger partial charge in [-0.25, -0.2) is 0 Å². The molecule has 0 saturated carbocycles. The molecule has 200 valence electrons. The normalized spacial score (nSPS) is 31.9. The number of carboxylic acid groups (broad SMARTS) is 1. The van der Waals surface area contributed by atoms with Crippen LogP contribution in [-0.2, 0) is 38.5 Å². The van der Waals surface area contributed by atoms with Gasteiger partial charge in [0.1, 0.15) is 0 Å². The standard InChI is InChI=1S/C20H35N6O7S.Mo/c1-4-5-12-16(20(32)33)34-9-14(22-3)19(31)26-13(8-27)18(30)24-10(2)17(29)25-11(7-23-12)6-15(21)28;/h4,10-14,16-17,22-23,25,27,29H,5-6,8-9H2,1-3H3,(H2,21,28)(H,24,30)(H,26,31)(H,32,33);/q-1;/t10-,11?,12?,13?,14-,16?,17?;/m0./s1. The van der Waals surface area contributed by atoms with Gasteiger partial charge in [-0.2, -0.15) is 0 Å². The van der Waals surface area contributed by atoms with Crippen LogP contribution >= 0.6 is 11.8 Å². The minimum atomic E-state index is -1.34. The van der Waals surface area contributed by atoms with Gasteiger partial charge < -0.3 is 0 Å². The average molecular weight is 600 g/mol. The van der Waals surface area contributed by atoms with Gasteiger partial charge in [0.25, 0.3) is 0 Å². The summed E-state index contributed by atoms with van der Waals surface area (Å²) in [5.41, 5.74) is 5.39. The van der Waals surface area contributed by atoms with Gasteiger partial charge in [-0.15, -0.1) is 0 Å². The number of carboxylic acids is 1. The van der Waals surface area contributed by atoms with Gasteiger partial charge in [0.15, 0.2) is 0 Å². The number of amides is 3. The Balaban J connectivity index is 3.38. The molecule has 35 heavy (non-hydrogen) atoms. The number of primary amides is 1. The van der Waals surface area contributed by atoms with E-state index in [9.17, 15) is 34.5 Å². The Morgan fingerprint density at radius 2 is 1.89 bits per heavy atom. The summed E-state index contributed by atoms with van der Waals surface area (Å²) in [4.78, 5) is 49.1. The molecular formula is C20H35MoN6O7S-. The summed E-state index contributed by atoms with van der Waals surface area (Å²) in [5.74, 6) is -2.99. The Morgan fingerprint density at radius 3 is 2.40 bits per heavy atom. The van der Waals surface area contributed by atoms with Crippen LogP contribution in [-0.4, -0.2) is 104 Å². The average Bonchev–Trinajstić information content (AvgIpc) is 2.78. The number of aliphatic carboxylic acids is 1. The third-order valence-corrected chi connectivity index (χ3v) is 7.69. The van der Waals surface area contributed by atoms with Crippen molar-refractivity contribution in [3.63, 3.8) is 0 Å². The number of hydrogen-bond acceptors (Lipinski definition) is 10. The van der Waals surface area contributed by atoms with Crippen molar-refractivity contribution < 1.29 is 53.9 Å². The fourth-order valence-corrected chi connectivity index (χ4v) is 5.31. The first-order valence-corrected chi connectivity index (χ1v) is 13.0. The van der Waals surface area contributed by atoms with E-state index in [1.54, 1.807) is 32.7 Å². The molecule has 0 radical (unpaired) electrons. The molecule has 1 rings (SSSR count). The summed E-state index contributed by atoms with van der Waals surface area (Å²) < 4.78 is 0.485. The maximum atomic E-state index is 12.7. The summed E-state index contributed by atoms with van der Waals surface area (Å²) in [6, 6.07) is -4.39. The Morgan fingerprint density at radius 1 is 1.23 bits per heavy atom. The fraction of sp³-hybridized carbons (Fsp3) is 0.700. The van der Waals surface area contributed by atoms with Gasteiger partial charge in [-0.05, 0) is 0 Å². The molecule has 0 aromatic heterocycles. The van der Waals surface area contributed by atoms with E-state index in [0.717, 1.165) is 11.8 Å². The van der Waals surface area contributed by atoms with Gasteiger partial charge in [-0.3, -0.25) is 0 Å². The summed E-state index contributed by atoms with van der Waals surface area (Å²) >= 11 is 2.60. The molecule has 1 aliphatic heterocycles. The van der Waals surface area contributed by atoms with Gasteiger partial charge >= 0.3 is 220 Å². The third kappa shape index (κ3) is 10.2. The number of aliphatic hydroxyl groups is 2. The molecule has 0 aromatic rings. The van der Waals surface area contributed by atoms with Crippen molar-refractivity contribution >= 4 is 39.5 Å². The number of rotatable bonds is 7. The predicted molar refractivity (Wildman–Crippen MR) is 127 cm³/mol. The van der Waals surface area contributed by atoms with E-state index in [4.69, 9.17) is 5.73 Å². The summed E-state index contributed by atoms with van der Waals surface area (Å²) in [6.45, 7) is 2.60. The molecule has 1 fully saturated rings. The Bertz CT molecular complexity index is 776. The molecule has 13 nitrogen and oxygen atoms in total. The van der Waals surface area contributed by atoms with Gasteiger partial charge in [0, 0.05) is 0 Å². The second kappa shape index (κ2) is 15.6. The monoisotopic (exact) mass is 601 g/mol. The number of carbonyl (C=O) groups excluding carboxylic acids is 3. The molecule has 15 heteroatoms. The van der Waals surface area contributed by atoms with Crippen LogP contribution in [0.25, 0.3) is 0 Å². The topological polar surface area (TPSA) is 215 Å². The first kappa shape index (κ1) is 31.6. The molecule has 0 spiro atoms. The molecule has 1 aliphatic rings. The van der Waals surface area contributed by atoms with Crippen LogP contribution in [0, 0.1) is 6.42 Å². The fourth-order valence-electron chi connectivity index (χ4n) is 3.29. The molecule has 1 heterocycles. The van der Waals surface area contributed by atoms with Crippen molar-refractivity contribution in [1.29, 1.82) is 0 Å². The van der Waals surface area contributed by atoms with Crippen molar-refractivity contribution in [3.05, 3.63) is 6.42 Å². The van der Waals surface area contributed by atoms with Crippen LogP contribution in [0.5, 0.6) is 0 Å². The molecule has 10 N–H and O–H groups in total. The molecule has 7 atom stereocenters. The zero-order chi connectivity index (χ0) is 26.7. The van der Waals surface area contributed by atoms with Crippen molar-refractivity contribution in [2.45, 2.75) is 68.4 Å². The van der Waals surface area contributed by atoms with Gasteiger partial charge in [0.05, 0.1) is 0 Å². The first-order chi connectivity index (χ1) is 16.4. The summed E-state index contributed by atoms with van der Waals surface area (Å²) in [6.07, 6.45) is 0.641. The second-order valence-electron chi connectivity index (χ2n) is 8.07. The maximum absolute atomic E-state index is 12.7. The quantitative estimate of drug-likeness (QED) is 0.102. The molecule has 1 saturated heterocycles. The summed E-state index contributed by atoms with van der Waals surface area (Å²) in [7, 11) is 1.53. The van der Waals surface area contributed by atoms with Crippen LogP contribution in [0.3, 0.4) is 0 Å². The minimum absolute atomic E-state index is 0.0684. The van der Waals surface area contributed by atoms with Crippen molar-refractivity contribution in [3.8, 4) is 0 Å². The van der Waals surface area contributed by atoms with E-state index in [2.05, 4.69) is 26.6 Å². The van der Waals surface area contributed by atoms with E-state index < -0.39 is 72.0 Å². The second-order valence-corrected chi connectivity index (χ2v) is 10.3. The molecule has 0 bridgehead atoms. The zero-order valence-electron chi connectivity index (χ0n) is 19.8. The number of thioether (sulfide) groups is 1. The molecule has 0 aromatic carbocycles. The zero-order valence-corrected chi connectivity index (χ0v) is 22.6. The van der Waals surface area contributed by atoms with Crippen LogP contribution in [0.2, 0.25) is 0 Å². The Kier molecular flexibility index (Phi) is 14.1. The van der Waals surface area contributed by atoms with Crippen molar-refractivity contribution in [1.82, 2.24) is 26.6 Å². The van der Waals surface area contributed by atoms with E-state index in [0.29, 0.717) is 10.4 Å². The molecule has 5 unspecified atom stereocenters. The number of hydrogen-bond donors (Lipinski definition) is 9. The van der Waals surface area contributed by atoms with E-state index in [1.807, 2.05) is 0 Å². The number of aliphatic hydroxyl groups excluding tert-OH is 2. The molecule has 0 aliphatic carbocycles. The number of nitrogens with two attached hydrogens (primary N) is 1. The number of nitrogens with one attached hydrogen (secondary N) is 5. The predicted octanol–water partition coefficient (Wildman–Crippen LogP) is -3.84. The van der Waals surface area contributed by atoms with Gasteiger partial charge in [-0.1, -0.05) is 0 Å². The van der Waals surface area contributed by atoms with Crippen LogP contribution in [0.1, 0.15) is 26.7 Å². The van der Waals surface area contributed by atoms with E-state index in [1.165, 1.54) is 14.0 Å². The first-order valence-electron chi connectivity index (χ1n) is 11.0.